The van der Waals surface area contributed by atoms with Gasteiger partial charge in [0.25, 0.3) is 0 Å². The van der Waals surface area contributed by atoms with Crippen LogP contribution in [0.1, 0.15) is 45.4 Å². The van der Waals surface area contributed by atoms with E-state index < -0.39 is 6.04 Å². The molecule has 4 heteroatoms. The Morgan fingerprint density at radius 1 is 1.40 bits per heavy atom. The molecule has 2 unspecified atom stereocenters. The van der Waals surface area contributed by atoms with Crippen molar-refractivity contribution in [2.75, 3.05) is 6.61 Å². The first-order chi connectivity index (χ1) is 9.70. The van der Waals surface area contributed by atoms with Crippen LogP contribution in [0.15, 0.2) is 23.4 Å². The lowest BCUT2D eigenvalue weighted by atomic mass is 9.92. The summed E-state index contributed by atoms with van der Waals surface area (Å²) in [5.74, 6) is 1.12. The molecule has 3 aliphatic rings. The smallest absolute Gasteiger partial charge is 0.370 e. The van der Waals surface area contributed by atoms with Gasteiger partial charge < -0.3 is 15.0 Å². The van der Waals surface area contributed by atoms with Gasteiger partial charge in [0.1, 0.15) is 0 Å². The van der Waals surface area contributed by atoms with Gasteiger partial charge >= 0.3 is 5.97 Å². The van der Waals surface area contributed by atoms with Gasteiger partial charge in [-0.3, -0.25) is 0 Å². The Balaban J connectivity index is 1.73. The summed E-state index contributed by atoms with van der Waals surface area (Å²) in [6, 6.07) is -0.652. The highest BCUT2D eigenvalue weighted by Gasteiger charge is 2.39. The number of ether oxygens (including phenoxy) is 1. The van der Waals surface area contributed by atoms with E-state index in [4.69, 9.17) is 4.74 Å². The summed E-state index contributed by atoms with van der Waals surface area (Å²) in [7, 11) is 0. The molecule has 1 saturated carbocycles. The fraction of sp³-hybridized carbons (Fsp3) is 0.688. The molecule has 0 aromatic carbocycles. The number of hydrogen-bond acceptors (Lipinski definition) is 3. The minimum atomic E-state index is -0.652. The Bertz CT molecular complexity index is 451. The molecule has 0 spiro atoms. The highest BCUT2D eigenvalue weighted by molar-refractivity contribution is 5.79. The largest absolute Gasteiger partial charge is 0.628 e. The van der Waals surface area contributed by atoms with Crippen molar-refractivity contribution in [2.24, 2.45) is 11.8 Å². The molecule has 0 radical (unpaired) electrons. The van der Waals surface area contributed by atoms with Gasteiger partial charge in [-0.05, 0) is 56.1 Å². The molecule has 110 valence electrons. The van der Waals surface area contributed by atoms with Crippen molar-refractivity contribution >= 4 is 5.97 Å². The van der Waals surface area contributed by atoms with Crippen LogP contribution in [0.3, 0.4) is 0 Å². The maximum atomic E-state index is 12.0. The summed E-state index contributed by atoms with van der Waals surface area (Å²) in [6.07, 6.45) is 10.8. The molecule has 1 fully saturated rings. The average molecular weight is 277 g/mol. The number of hydrogen-bond donors (Lipinski definition) is 1. The second-order valence-electron chi connectivity index (χ2n) is 6.16. The molecule has 0 aromatic heterocycles. The number of nitrogens with one attached hydrogen (secondary N) is 1. The lowest BCUT2D eigenvalue weighted by Gasteiger charge is -2.31. The summed E-state index contributed by atoms with van der Waals surface area (Å²) < 4.78 is 5.08. The van der Waals surface area contributed by atoms with Crippen molar-refractivity contribution in [3.05, 3.63) is 28.6 Å². The first-order valence-corrected chi connectivity index (χ1v) is 7.82. The van der Waals surface area contributed by atoms with Gasteiger partial charge in [0, 0.05) is 5.57 Å². The zero-order chi connectivity index (χ0) is 14.1. The minimum Gasteiger partial charge on any atom is -0.628 e. The van der Waals surface area contributed by atoms with E-state index in [1.54, 1.807) is 13.1 Å². The quantitative estimate of drug-likeness (QED) is 0.615. The van der Waals surface area contributed by atoms with E-state index in [2.05, 4.69) is 0 Å². The third-order valence-corrected chi connectivity index (χ3v) is 4.78. The maximum absolute atomic E-state index is 12.0. The normalized spacial score (nSPS) is 32.4. The Labute approximate surface area is 120 Å². The molecule has 3 atom stereocenters. The number of quaternary nitrogens is 1. The summed E-state index contributed by atoms with van der Waals surface area (Å²) in [5.41, 5.74) is 2.29. The Kier molecular flexibility index (Phi) is 3.94. The van der Waals surface area contributed by atoms with E-state index >= 15 is 0 Å². The molecule has 2 aliphatic carbocycles. The third-order valence-electron chi connectivity index (χ3n) is 4.78. The van der Waals surface area contributed by atoms with Crippen LogP contribution in [0.2, 0.25) is 0 Å². The van der Waals surface area contributed by atoms with Gasteiger partial charge in [-0.2, -0.15) is 0 Å². The van der Waals surface area contributed by atoms with Gasteiger partial charge in [0.15, 0.2) is 0 Å². The summed E-state index contributed by atoms with van der Waals surface area (Å²) in [6.45, 7) is 2.11. The zero-order valence-corrected chi connectivity index (χ0v) is 12.1. The highest BCUT2D eigenvalue weighted by Crippen LogP contribution is 2.42. The number of allylic oxidation sites excluding steroid dienone is 2. The third kappa shape index (κ3) is 2.67. The van der Waals surface area contributed by atoms with E-state index in [-0.39, 0.29) is 11.0 Å². The fourth-order valence-corrected chi connectivity index (χ4v) is 3.51. The average Bonchev–Trinajstić information content (AvgIpc) is 3.17. The SMILES string of the molecule is CCOC(=O)C1C2=C(C=C[NH+]1[O-])[C@@H](CCC1CC1)CC2. The molecule has 0 amide bonds. The van der Waals surface area contributed by atoms with Crippen molar-refractivity contribution in [1.82, 2.24) is 0 Å². The van der Waals surface area contributed by atoms with Crippen molar-refractivity contribution in [1.29, 1.82) is 0 Å². The van der Waals surface area contributed by atoms with Gasteiger partial charge in [-0.15, -0.1) is 0 Å². The number of carbonyl (C=O) groups excluding carboxylic acids is 1. The van der Waals surface area contributed by atoms with Crippen LogP contribution in [0, 0.1) is 17.0 Å². The Morgan fingerprint density at radius 3 is 2.90 bits per heavy atom. The van der Waals surface area contributed by atoms with Gasteiger partial charge in [0.05, 0.1) is 12.8 Å². The molecule has 0 saturated heterocycles. The molecule has 0 bridgehead atoms. The van der Waals surface area contributed by atoms with E-state index in [1.807, 2.05) is 6.08 Å². The van der Waals surface area contributed by atoms with Crippen LogP contribution < -0.4 is 5.06 Å². The van der Waals surface area contributed by atoms with Crippen molar-refractivity contribution in [2.45, 2.75) is 51.5 Å². The standard InChI is InChI=1S/C16H23NO3/c1-2-20-16(18)15-14-8-7-12(6-5-11-3-4-11)13(14)9-10-17(15)19/h9-12,15,17H,2-8H2,1H3/t12-,15?/m0/s1. The molecule has 0 aromatic rings. The van der Waals surface area contributed by atoms with Crippen molar-refractivity contribution in [3.8, 4) is 0 Å². The number of hydroxylamine groups is 2. The van der Waals surface area contributed by atoms with E-state index in [9.17, 15) is 10.0 Å². The van der Waals surface area contributed by atoms with Gasteiger partial charge in [0.2, 0.25) is 6.04 Å². The second kappa shape index (κ2) is 5.70. The van der Waals surface area contributed by atoms with Crippen LogP contribution in [-0.4, -0.2) is 18.6 Å². The fourth-order valence-electron chi connectivity index (χ4n) is 3.51. The number of carbonyl (C=O) groups is 1. The molecule has 1 N–H and O–H groups in total. The summed E-state index contributed by atoms with van der Waals surface area (Å²) in [5, 5.41) is 11.9. The maximum Gasteiger partial charge on any atom is 0.370 e. The lowest BCUT2D eigenvalue weighted by Crippen LogP contribution is -3.09. The van der Waals surface area contributed by atoms with Crippen molar-refractivity contribution in [3.63, 3.8) is 0 Å². The van der Waals surface area contributed by atoms with Gasteiger partial charge in [-0.25, -0.2) is 4.79 Å². The Morgan fingerprint density at radius 2 is 2.20 bits per heavy atom. The summed E-state index contributed by atoms with van der Waals surface area (Å²) >= 11 is 0. The molecule has 4 nitrogen and oxygen atoms in total. The first kappa shape index (κ1) is 13.8. The zero-order valence-electron chi connectivity index (χ0n) is 12.1. The number of esters is 1. The van der Waals surface area contributed by atoms with Crippen LogP contribution in [-0.2, 0) is 9.53 Å². The van der Waals surface area contributed by atoms with Gasteiger partial charge in [-0.1, -0.05) is 12.8 Å². The minimum absolute atomic E-state index is 0.106. The topological polar surface area (TPSA) is 53.8 Å². The second-order valence-corrected chi connectivity index (χ2v) is 6.16. The summed E-state index contributed by atoms with van der Waals surface area (Å²) in [4.78, 5) is 12.0. The molecular weight excluding hydrogens is 254 g/mol. The van der Waals surface area contributed by atoms with Crippen molar-refractivity contribution < 1.29 is 14.6 Å². The molecule has 3 rings (SSSR count). The van der Waals surface area contributed by atoms with Crippen LogP contribution in [0.5, 0.6) is 0 Å². The first-order valence-electron chi connectivity index (χ1n) is 7.82. The Hall–Kier alpha value is -1.13. The van der Waals surface area contributed by atoms with Crippen LogP contribution >= 0.6 is 0 Å². The predicted molar refractivity (Wildman–Crippen MR) is 75.6 cm³/mol. The molecule has 1 heterocycles. The monoisotopic (exact) mass is 277 g/mol. The molecular formula is C16H23NO3. The predicted octanol–water partition coefficient (Wildman–Crippen LogP) is 1.72. The van der Waals surface area contributed by atoms with Crippen LogP contribution in [0.25, 0.3) is 0 Å². The molecule has 1 aliphatic heterocycles. The lowest BCUT2D eigenvalue weighted by molar-refractivity contribution is -0.806. The molecule has 20 heavy (non-hydrogen) atoms. The van der Waals surface area contributed by atoms with E-state index in [1.165, 1.54) is 31.3 Å². The van der Waals surface area contributed by atoms with Crippen LogP contribution in [0.4, 0.5) is 0 Å². The highest BCUT2D eigenvalue weighted by atomic mass is 16.5. The van der Waals surface area contributed by atoms with E-state index in [0.717, 1.165) is 24.3 Å². The number of rotatable bonds is 5. The van der Waals surface area contributed by atoms with E-state index in [0.29, 0.717) is 12.5 Å².